The predicted octanol–water partition coefficient (Wildman–Crippen LogP) is 3.52. The van der Waals surface area contributed by atoms with Gasteiger partial charge in [-0.3, -0.25) is 5.43 Å². The van der Waals surface area contributed by atoms with E-state index in [0.29, 0.717) is 5.69 Å². The first kappa shape index (κ1) is 20.0. The molecule has 8 heteroatoms. The number of nitrogens with zero attached hydrogens (tertiary/aromatic N) is 1. The van der Waals surface area contributed by atoms with Crippen molar-refractivity contribution in [1.29, 1.82) is 0 Å². The van der Waals surface area contributed by atoms with Crippen LogP contribution < -0.4 is 5.43 Å². The summed E-state index contributed by atoms with van der Waals surface area (Å²) in [5.74, 6) is -0.954. The number of amides is 1. The standard InChI is InChI=1S/C10H10F3N3O.CH3.W/c1-6(9(14)17)15-16-8-4-2-7(3-5-8)10(11,12)13;;/h2-5H,1H3,(H3,14,16,17);1H3;/q;-1;+2/p-1. The van der Waals surface area contributed by atoms with Crippen molar-refractivity contribution in [2.24, 2.45) is 5.10 Å². The van der Waals surface area contributed by atoms with Crippen molar-refractivity contribution in [2.75, 3.05) is 5.43 Å². The van der Waals surface area contributed by atoms with E-state index in [-0.39, 0.29) is 34.2 Å². The molecule has 0 atom stereocenters. The third-order valence-corrected chi connectivity index (χ3v) is 1.89. The molecule has 0 unspecified atom stereocenters. The Morgan fingerprint density at radius 3 is 2.11 bits per heavy atom. The second kappa shape index (κ2) is 7.94. The van der Waals surface area contributed by atoms with Crippen molar-refractivity contribution in [3.63, 3.8) is 0 Å². The molecular weight excluding hydrogens is 431 g/mol. The zero-order valence-corrected chi connectivity index (χ0v) is 13.1. The molecule has 1 rings (SSSR count). The third kappa shape index (κ3) is 6.38. The minimum Gasteiger partial charge on any atom is -0.662 e. The Kier molecular flexibility index (Phi) is 8.34. The quantitative estimate of drug-likeness (QED) is 0.442. The zero-order valence-electron chi connectivity index (χ0n) is 10.2. The van der Waals surface area contributed by atoms with Crippen LogP contribution in [-0.2, 0) is 32.0 Å². The van der Waals surface area contributed by atoms with Crippen molar-refractivity contribution >= 4 is 17.3 Å². The molecular formula is C11H12F3N3OW. The largest absolute Gasteiger partial charge is 2.00 e. The topological polar surface area (TPSA) is 65.3 Å². The molecule has 0 bridgehead atoms. The van der Waals surface area contributed by atoms with Gasteiger partial charge in [0.05, 0.1) is 22.9 Å². The fraction of sp³-hybridized carbons (Fsp3) is 0.182. The molecule has 0 radical (unpaired) electrons. The SMILES string of the molecule is C/C(=N\Nc1ccc(C(F)(F)F)cc1)C([NH-])=O.[CH3-].[W+2]. The number of hydrogen-bond acceptors (Lipinski definition) is 3. The van der Waals surface area contributed by atoms with E-state index >= 15 is 0 Å². The van der Waals surface area contributed by atoms with E-state index in [9.17, 15) is 18.0 Å². The monoisotopic (exact) mass is 443 g/mol. The van der Waals surface area contributed by atoms with Crippen LogP contribution in [0.25, 0.3) is 5.73 Å². The molecule has 0 aliphatic carbocycles. The fourth-order valence-corrected chi connectivity index (χ4v) is 0.933. The maximum absolute atomic E-state index is 12.2. The van der Waals surface area contributed by atoms with Gasteiger partial charge in [0.25, 0.3) is 0 Å². The summed E-state index contributed by atoms with van der Waals surface area (Å²) in [6.07, 6.45) is -4.38. The fourth-order valence-electron chi connectivity index (χ4n) is 0.933. The van der Waals surface area contributed by atoms with Crippen LogP contribution in [0, 0.1) is 7.43 Å². The van der Waals surface area contributed by atoms with Gasteiger partial charge in [0.15, 0.2) is 0 Å². The molecule has 1 amide bonds. The Balaban J connectivity index is 0. The summed E-state index contributed by atoms with van der Waals surface area (Å²) in [4.78, 5) is 10.5. The summed E-state index contributed by atoms with van der Waals surface area (Å²) in [5.41, 5.74) is 8.55. The van der Waals surface area contributed by atoms with Crippen molar-refractivity contribution in [3.05, 3.63) is 43.0 Å². The number of alkyl halides is 3. The zero-order chi connectivity index (χ0) is 13.1. The Labute approximate surface area is 123 Å². The van der Waals surface area contributed by atoms with Crippen molar-refractivity contribution in [2.45, 2.75) is 13.1 Å². The molecule has 0 aliphatic rings. The van der Waals surface area contributed by atoms with Gasteiger partial charge in [-0.2, -0.15) is 18.3 Å². The smallest absolute Gasteiger partial charge is 0.662 e. The molecule has 0 saturated heterocycles. The first-order valence-electron chi connectivity index (χ1n) is 4.54. The van der Waals surface area contributed by atoms with Gasteiger partial charge in [-0.15, -0.1) is 0 Å². The average molecular weight is 443 g/mol. The molecule has 1 aromatic carbocycles. The molecule has 0 saturated carbocycles. The molecule has 0 aliphatic heterocycles. The van der Waals surface area contributed by atoms with Gasteiger partial charge >= 0.3 is 27.2 Å². The number of rotatable bonds is 3. The maximum atomic E-state index is 12.2. The van der Waals surface area contributed by atoms with E-state index in [1.165, 1.54) is 19.1 Å². The maximum Gasteiger partial charge on any atom is 2.00 e. The van der Waals surface area contributed by atoms with E-state index in [1.807, 2.05) is 0 Å². The Morgan fingerprint density at radius 2 is 1.74 bits per heavy atom. The van der Waals surface area contributed by atoms with Gasteiger partial charge < -0.3 is 18.0 Å². The molecule has 1 aromatic rings. The second-order valence-electron chi connectivity index (χ2n) is 3.21. The number of carbonyl (C=O) groups excluding carboxylic acids is 1. The van der Waals surface area contributed by atoms with Crippen molar-refractivity contribution in [1.82, 2.24) is 0 Å². The van der Waals surface area contributed by atoms with Crippen LogP contribution in [0.2, 0.25) is 0 Å². The van der Waals surface area contributed by atoms with Crippen LogP contribution in [0.3, 0.4) is 0 Å². The van der Waals surface area contributed by atoms with E-state index in [0.717, 1.165) is 12.1 Å². The number of benzene rings is 1. The van der Waals surface area contributed by atoms with Crippen LogP contribution in [0.15, 0.2) is 29.4 Å². The molecule has 2 N–H and O–H groups in total. The molecule has 0 spiro atoms. The minimum absolute atomic E-state index is 0. The van der Waals surface area contributed by atoms with Crippen molar-refractivity contribution in [3.8, 4) is 0 Å². The van der Waals surface area contributed by atoms with Gasteiger partial charge in [0, 0.05) is 0 Å². The summed E-state index contributed by atoms with van der Waals surface area (Å²) in [6.45, 7) is 1.33. The molecule has 0 fully saturated rings. The number of halogens is 3. The normalized spacial score (nSPS) is 11.1. The Bertz CT molecular complexity index is 443. The summed E-state index contributed by atoms with van der Waals surface area (Å²) in [5, 5.41) is 3.53. The summed E-state index contributed by atoms with van der Waals surface area (Å²) in [7, 11) is 0. The second-order valence-corrected chi connectivity index (χ2v) is 3.21. The molecule has 0 heterocycles. The van der Waals surface area contributed by atoms with Crippen LogP contribution in [-0.4, -0.2) is 11.6 Å². The van der Waals surface area contributed by atoms with E-state index in [2.05, 4.69) is 10.5 Å². The first-order chi connectivity index (χ1) is 7.80. The van der Waals surface area contributed by atoms with Gasteiger partial charge in [-0.25, -0.2) is 0 Å². The van der Waals surface area contributed by atoms with Crippen LogP contribution in [0.4, 0.5) is 18.9 Å². The van der Waals surface area contributed by atoms with Crippen LogP contribution >= 0.6 is 0 Å². The molecule has 19 heavy (non-hydrogen) atoms. The first-order valence-corrected chi connectivity index (χ1v) is 4.54. The van der Waals surface area contributed by atoms with Gasteiger partial charge in [0.1, 0.15) is 0 Å². The summed E-state index contributed by atoms with van der Waals surface area (Å²) in [6, 6.07) is 4.17. The van der Waals surface area contributed by atoms with Gasteiger partial charge in [0.2, 0.25) is 0 Å². The van der Waals surface area contributed by atoms with Gasteiger partial charge in [-0.1, -0.05) is 0 Å². The van der Waals surface area contributed by atoms with Gasteiger partial charge in [-0.05, 0) is 31.2 Å². The number of nitrogens with one attached hydrogen (secondary N) is 2. The molecule has 0 aromatic heterocycles. The number of carbonyl (C=O) groups is 1. The minimum atomic E-state index is -4.38. The van der Waals surface area contributed by atoms with E-state index in [1.54, 1.807) is 0 Å². The number of hydrogen-bond donors (Lipinski definition) is 1. The predicted molar refractivity (Wildman–Crippen MR) is 63.9 cm³/mol. The van der Waals surface area contributed by atoms with Crippen LogP contribution in [0.1, 0.15) is 12.5 Å². The Morgan fingerprint density at radius 1 is 1.26 bits per heavy atom. The van der Waals surface area contributed by atoms with Crippen molar-refractivity contribution < 1.29 is 39.0 Å². The average Bonchev–Trinajstić information content (AvgIpc) is 2.25. The molecule has 104 valence electrons. The van der Waals surface area contributed by atoms with Crippen LogP contribution in [0.5, 0.6) is 0 Å². The van der Waals surface area contributed by atoms with E-state index in [4.69, 9.17) is 5.73 Å². The number of anilines is 1. The molecule has 4 nitrogen and oxygen atoms in total. The Hall–Kier alpha value is -1.36. The number of hydrazone groups is 1. The third-order valence-electron chi connectivity index (χ3n) is 1.89. The van der Waals surface area contributed by atoms with E-state index < -0.39 is 17.6 Å². The summed E-state index contributed by atoms with van der Waals surface area (Å²) >= 11 is 0. The summed E-state index contributed by atoms with van der Waals surface area (Å²) < 4.78 is 36.7.